The highest BCUT2D eigenvalue weighted by atomic mass is 35.5. The molecule has 1 N–H and O–H groups in total. The monoisotopic (exact) mass is 281 g/mol. The second-order valence-electron chi connectivity index (χ2n) is 4.36. The van der Waals surface area contributed by atoms with Gasteiger partial charge in [0, 0.05) is 12.8 Å². The van der Waals surface area contributed by atoms with E-state index in [2.05, 4.69) is 15.1 Å². The lowest BCUT2D eigenvalue weighted by Crippen LogP contribution is -2.30. The molecule has 1 aliphatic heterocycles. The third kappa shape index (κ3) is 2.60. The molecule has 7 heteroatoms. The van der Waals surface area contributed by atoms with E-state index in [9.17, 15) is 5.11 Å². The van der Waals surface area contributed by atoms with E-state index in [-0.39, 0.29) is 5.92 Å². The number of hydrogen-bond donors (Lipinski definition) is 1. The smallest absolute Gasteiger partial charge is 0.235 e. The molecular weight excluding hydrogens is 270 g/mol. The summed E-state index contributed by atoms with van der Waals surface area (Å²) in [6, 6.07) is 3.42. The van der Waals surface area contributed by atoms with E-state index < -0.39 is 6.10 Å². The van der Waals surface area contributed by atoms with Crippen molar-refractivity contribution in [2.24, 2.45) is 0 Å². The van der Waals surface area contributed by atoms with Crippen molar-refractivity contribution in [3.63, 3.8) is 0 Å². The van der Waals surface area contributed by atoms with Gasteiger partial charge in [-0.3, -0.25) is 4.98 Å². The van der Waals surface area contributed by atoms with Crippen LogP contribution >= 0.6 is 11.6 Å². The number of rotatable bonds is 2. The number of pyridine rings is 1. The molecule has 2 unspecified atom stereocenters. The first kappa shape index (κ1) is 12.5. The van der Waals surface area contributed by atoms with Crippen LogP contribution in [0.25, 0.3) is 11.5 Å². The summed E-state index contributed by atoms with van der Waals surface area (Å²) < 4.78 is 10.5. The third-order valence-corrected chi connectivity index (χ3v) is 3.26. The number of aliphatic hydroxyl groups excluding tert-OH is 1. The molecule has 0 amide bonds. The van der Waals surface area contributed by atoms with Gasteiger partial charge >= 0.3 is 0 Å². The van der Waals surface area contributed by atoms with Crippen LogP contribution in [0.3, 0.4) is 0 Å². The molecule has 0 saturated carbocycles. The molecule has 0 spiro atoms. The number of aliphatic hydroxyl groups is 1. The van der Waals surface area contributed by atoms with E-state index in [0.29, 0.717) is 42.1 Å². The van der Waals surface area contributed by atoms with Gasteiger partial charge in [0.15, 0.2) is 0 Å². The molecule has 0 aromatic carbocycles. The van der Waals surface area contributed by atoms with Gasteiger partial charge in [0.1, 0.15) is 5.69 Å². The van der Waals surface area contributed by atoms with Crippen LogP contribution in [0.15, 0.2) is 22.9 Å². The molecule has 0 radical (unpaired) electrons. The summed E-state index contributed by atoms with van der Waals surface area (Å²) in [5.41, 5.74) is 0.575. The standard InChI is InChI=1S/C12H12ClN3O3/c13-7-1-2-9(14-5-7)11-15-12(19-16-11)8-6-18-4-3-10(8)17/h1-2,5,8,10,17H,3-4,6H2. The van der Waals surface area contributed by atoms with E-state index in [0.717, 1.165) is 0 Å². The maximum absolute atomic E-state index is 9.90. The molecule has 3 rings (SSSR count). The Labute approximate surface area is 114 Å². The SMILES string of the molecule is OC1CCOCC1c1nc(-c2ccc(Cl)cn2)no1. The van der Waals surface area contributed by atoms with Gasteiger partial charge in [0.2, 0.25) is 11.7 Å². The molecular formula is C12H12ClN3O3. The van der Waals surface area contributed by atoms with Crippen LogP contribution in [0.2, 0.25) is 5.02 Å². The molecule has 2 aromatic rings. The van der Waals surface area contributed by atoms with Crippen LogP contribution in [0.4, 0.5) is 0 Å². The van der Waals surface area contributed by atoms with Crippen LogP contribution in [0.5, 0.6) is 0 Å². The van der Waals surface area contributed by atoms with Crippen molar-refractivity contribution in [2.45, 2.75) is 18.4 Å². The maximum Gasteiger partial charge on any atom is 0.235 e. The van der Waals surface area contributed by atoms with Gasteiger partial charge < -0.3 is 14.4 Å². The van der Waals surface area contributed by atoms with Crippen LogP contribution in [0.1, 0.15) is 18.2 Å². The summed E-state index contributed by atoms with van der Waals surface area (Å²) in [5, 5.41) is 14.3. The molecule has 2 aromatic heterocycles. The zero-order valence-electron chi connectivity index (χ0n) is 9.99. The molecule has 1 saturated heterocycles. The van der Waals surface area contributed by atoms with Gasteiger partial charge in [-0.1, -0.05) is 16.8 Å². The minimum atomic E-state index is -0.514. The Balaban J connectivity index is 1.84. The van der Waals surface area contributed by atoms with Crippen molar-refractivity contribution in [1.29, 1.82) is 0 Å². The molecule has 100 valence electrons. The van der Waals surface area contributed by atoms with Crippen molar-refractivity contribution in [1.82, 2.24) is 15.1 Å². The van der Waals surface area contributed by atoms with Gasteiger partial charge in [-0.05, 0) is 18.6 Å². The second-order valence-corrected chi connectivity index (χ2v) is 4.79. The van der Waals surface area contributed by atoms with Crippen molar-refractivity contribution in [3.05, 3.63) is 29.2 Å². The Morgan fingerprint density at radius 2 is 2.26 bits per heavy atom. The molecule has 1 fully saturated rings. The highest BCUT2D eigenvalue weighted by Gasteiger charge is 2.30. The second kappa shape index (κ2) is 5.24. The average molecular weight is 282 g/mol. The van der Waals surface area contributed by atoms with E-state index in [1.807, 2.05) is 0 Å². The fourth-order valence-corrected chi connectivity index (χ4v) is 2.07. The molecule has 0 aliphatic carbocycles. The third-order valence-electron chi connectivity index (χ3n) is 3.04. The molecule has 2 atom stereocenters. The van der Waals surface area contributed by atoms with Gasteiger partial charge in [0.05, 0.1) is 23.7 Å². The minimum absolute atomic E-state index is 0.276. The van der Waals surface area contributed by atoms with Crippen LogP contribution in [-0.4, -0.2) is 39.5 Å². The maximum atomic E-state index is 9.90. The zero-order valence-corrected chi connectivity index (χ0v) is 10.7. The minimum Gasteiger partial charge on any atom is -0.392 e. The summed E-state index contributed by atoms with van der Waals surface area (Å²) in [6.07, 6.45) is 1.58. The molecule has 19 heavy (non-hydrogen) atoms. The molecule has 6 nitrogen and oxygen atoms in total. The summed E-state index contributed by atoms with van der Waals surface area (Å²) in [6.45, 7) is 0.939. The van der Waals surface area contributed by atoms with Gasteiger partial charge in [-0.15, -0.1) is 0 Å². The normalized spacial score (nSPS) is 23.5. The number of nitrogens with zero attached hydrogens (tertiary/aromatic N) is 3. The van der Waals surface area contributed by atoms with Crippen molar-refractivity contribution in [3.8, 4) is 11.5 Å². The van der Waals surface area contributed by atoms with Gasteiger partial charge in [-0.2, -0.15) is 4.98 Å². The summed E-state index contributed by atoms with van der Waals surface area (Å²) in [7, 11) is 0. The van der Waals surface area contributed by atoms with Crippen LogP contribution in [-0.2, 0) is 4.74 Å². The highest BCUT2D eigenvalue weighted by molar-refractivity contribution is 6.30. The zero-order chi connectivity index (χ0) is 13.2. The fourth-order valence-electron chi connectivity index (χ4n) is 1.96. The van der Waals surface area contributed by atoms with E-state index >= 15 is 0 Å². The summed E-state index contributed by atoms with van der Waals surface area (Å²) >= 11 is 5.77. The van der Waals surface area contributed by atoms with Gasteiger partial charge in [-0.25, -0.2) is 0 Å². The summed E-state index contributed by atoms with van der Waals surface area (Å²) in [5.74, 6) is 0.477. The Bertz CT molecular complexity index is 558. The quantitative estimate of drug-likeness (QED) is 0.901. The first-order valence-corrected chi connectivity index (χ1v) is 6.33. The topological polar surface area (TPSA) is 81.3 Å². The molecule has 3 heterocycles. The largest absolute Gasteiger partial charge is 0.392 e. The highest BCUT2D eigenvalue weighted by Crippen LogP contribution is 2.26. The predicted molar refractivity (Wildman–Crippen MR) is 66.7 cm³/mol. The van der Waals surface area contributed by atoms with E-state index in [1.165, 1.54) is 6.20 Å². The Hall–Kier alpha value is -1.50. The lowest BCUT2D eigenvalue weighted by Gasteiger charge is -2.24. The Kier molecular flexibility index (Phi) is 3.46. The van der Waals surface area contributed by atoms with Crippen LogP contribution in [0, 0.1) is 0 Å². The number of ether oxygens (including phenoxy) is 1. The first-order valence-electron chi connectivity index (χ1n) is 5.95. The number of hydrogen-bond acceptors (Lipinski definition) is 6. The lowest BCUT2D eigenvalue weighted by atomic mass is 9.99. The van der Waals surface area contributed by atoms with Crippen molar-refractivity contribution < 1.29 is 14.4 Å². The Morgan fingerprint density at radius 1 is 1.37 bits per heavy atom. The summed E-state index contributed by atoms with van der Waals surface area (Å²) in [4.78, 5) is 8.38. The van der Waals surface area contributed by atoms with E-state index in [4.69, 9.17) is 20.9 Å². The number of halogens is 1. The molecule has 1 aliphatic rings. The van der Waals surface area contributed by atoms with Crippen molar-refractivity contribution >= 4 is 11.6 Å². The Morgan fingerprint density at radius 3 is 3.00 bits per heavy atom. The number of aromatic nitrogens is 3. The first-order chi connectivity index (χ1) is 9.24. The lowest BCUT2D eigenvalue weighted by molar-refractivity contribution is -0.0149. The van der Waals surface area contributed by atoms with Gasteiger partial charge in [0.25, 0.3) is 0 Å². The van der Waals surface area contributed by atoms with Crippen molar-refractivity contribution in [2.75, 3.05) is 13.2 Å². The molecule has 0 bridgehead atoms. The fraction of sp³-hybridized carbons (Fsp3) is 0.417. The van der Waals surface area contributed by atoms with E-state index in [1.54, 1.807) is 12.1 Å². The predicted octanol–water partition coefficient (Wildman–Crippen LogP) is 1.65. The average Bonchev–Trinajstić information content (AvgIpc) is 2.89. The van der Waals surface area contributed by atoms with Crippen LogP contribution < -0.4 is 0 Å².